The highest BCUT2D eigenvalue weighted by atomic mass is 16.2. The van der Waals surface area contributed by atoms with Gasteiger partial charge in [-0.2, -0.15) is 0 Å². The Morgan fingerprint density at radius 3 is 3.09 bits per heavy atom. The van der Waals surface area contributed by atoms with Crippen LogP contribution in [-0.2, 0) is 17.8 Å². The van der Waals surface area contributed by atoms with Crippen molar-refractivity contribution in [3.8, 4) is 0 Å². The molecule has 0 N–H and O–H groups in total. The van der Waals surface area contributed by atoms with Crippen LogP contribution >= 0.6 is 0 Å². The van der Waals surface area contributed by atoms with Gasteiger partial charge in [-0.25, -0.2) is 4.98 Å². The maximum atomic E-state index is 12.4. The number of pyridine rings is 1. The fraction of sp³-hybridized carbons (Fsp3) is 0.471. The van der Waals surface area contributed by atoms with Gasteiger partial charge in [0.05, 0.1) is 6.33 Å². The van der Waals surface area contributed by atoms with Crippen LogP contribution in [0, 0.1) is 12.8 Å². The molecule has 0 aliphatic carbocycles. The Morgan fingerprint density at radius 1 is 1.41 bits per heavy atom. The predicted molar refractivity (Wildman–Crippen MR) is 84.2 cm³/mol. The Balaban J connectivity index is 1.58. The highest BCUT2D eigenvalue weighted by molar-refractivity contribution is 5.76. The third-order valence-electron chi connectivity index (χ3n) is 4.19. The number of nitrogens with zero attached hydrogens (tertiary/aromatic N) is 4. The van der Waals surface area contributed by atoms with E-state index in [0.29, 0.717) is 12.5 Å². The summed E-state index contributed by atoms with van der Waals surface area (Å²) in [4.78, 5) is 22.9. The number of piperidine rings is 1. The summed E-state index contributed by atoms with van der Waals surface area (Å²) in [6.07, 6.45) is 8.43. The van der Waals surface area contributed by atoms with Crippen molar-refractivity contribution >= 4 is 5.91 Å². The number of hydrogen-bond acceptors (Lipinski definition) is 3. The zero-order valence-corrected chi connectivity index (χ0v) is 13.0. The lowest BCUT2D eigenvalue weighted by molar-refractivity contribution is -0.133. The molecule has 3 rings (SSSR count). The average Bonchev–Trinajstić information content (AvgIpc) is 3.00. The van der Waals surface area contributed by atoms with Gasteiger partial charge in [-0.05, 0) is 44.2 Å². The molecule has 5 heteroatoms. The van der Waals surface area contributed by atoms with Gasteiger partial charge >= 0.3 is 0 Å². The second-order valence-corrected chi connectivity index (χ2v) is 6.06. The van der Waals surface area contributed by atoms with Gasteiger partial charge in [0.15, 0.2) is 0 Å². The van der Waals surface area contributed by atoms with Crippen molar-refractivity contribution in [3.63, 3.8) is 0 Å². The fourth-order valence-electron chi connectivity index (χ4n) is 3.10. The number of aromatic nitrogens is 3. The Bertz CT molecular complexity index is 623. The number of hydrogen-bond donors (Lipinski definition) is 0. The number of imidazole rings is 1. The first-order chi connectivity index (χ1) is 10.7. The summed E-state index contributed by atoms with van der Waals surface area (Å²) in [5.41, 5.74) is 2.19. The summed E-state index contributed by atoms with van der Waals surface area (Å²) in [7, 11) is 0. The van der Waals surface area contributed by atoms with Crippen molar-refractivity contribution in [2.45, 2.75) is 32.7 Å². The number of amides is 1. The van der Waals surface area contributed by atoms with Crippen molar-refractivity contribution in [1.82, 2.24) is 19.4 Å². The third kappa shape index (κ3) is 3.72. The highest BCUT2D eigenvalue weighted by Gasteiger charge is 2.24. The molecule has 5 nitrogen and oxygen atoms in total. The molecule has 1 amide bonds. The van der Waals surface area contributed by atoms with Gasteiger partial charge in [0.1, 0.15) is 6.54 Å². The van der Waals surface area contributed by atoms with Gasteiger partial charge in [-0.15, -0.1) is 0 Å². The second-order valence-electron chi connectivity index (χ2n) is 6.06. The van der Waals surface area contributed by atoms with Crippen LogP contribution in [0.4, 0.5) is 0 Å². The molecular formula is C17H22N4O. The van der Waals surface area contributed by atoms with Crippen LogP contribution in [0.5, 0.6) is 0 Å². The van der Waals surface area contributed by atoms with E-state index in [4.69, 9.17) is 0 Å². The standard InChI is InChI=1S/C17H22N4O/c1-14-4-2-6-16(19-14)10-15-5-3-8-21(11-15)17(22)12-20-9-7-18-13-20/h2,4,6-7,9,13,15H,3,5,8,10-12H2,1H3/t15-/m1/s1. The quantitative estimate of drug-likeness (QED) is 0.868. The molecule has 22 heavy (non-hydrogen) atoms. The summed E-state index contributed by atoms with van der Waals surface area (Å²) in [5.74, 6) is 0.690. The molecule has 1 saturated heterocycles. The Hall–Kier alpha value is -2.17. The van der Waals surface area contributed by atoms with Gasteiger partial charge in [-0.1, -0.05) is 6.07 Å². The van der Waals surface area contributed by atoms with Crippen LogP contribution in [0.25, 0.3) is 0 Å². The van der Waals surface area contributed by atoms with Gasteiger partial charge < -0.3 is 9.47 Å². The number of carbonyl (C=O) groups is 1. The van der Waals surface area contributed by atoms with Crippen LogP contribution in [0.3, 0.4) is 0 Å². The largest absolute Gasteiger partial charge is 0.341 e. The Morgan fingerprint density at radius 2 is 2.32 bits per heavy atom. The van der Waals surface area contributed by atoms with E-state index in [1.807, 2.05) is 28.7 Å². The van der Waals surface area contributed by atoms with Crippen LogP contribution in [-0.4, -0.2) is 38.4 Å². The average molecular weight is 298 g/mol. The first kappa shape index (κ1) is 14.8. The zero-order chi connectivity index (χ0) is 15.4. The number of rotatable bonds is 4. The van der Waals surface area contributed by atoms with Gasteiger partial charge in [-0.3, -0.25) is 9.78 Å². The van der Waals surface area contributed by atoms with Crippen molar-refractivity contribution in [2.24, 2.45) is 5.92 Å². The fourth-order valence-corrected chi connectivity index (χ4v) is 3.10. The lowest BCUT2D eigenvalue weighted by Gasteiger charge is -2.32. The SMILES string of the molecule is Cc1cccc(C[C@H]2CCCN(C(=O)Cn3ccnc3)C2)n1. The minimum Gasteiger partial charge on any atom is -0.341 e. The first-order valence-electron chi connectivity index (χ1n) is 7.87. The smallest absolute Gasteiger partial charge is 0.242 e. The van der Waals surface area contributed by atoms with Crippen LogP contribution < -0.4 is 0 Å². The lowest BCUT2D eigenvalue weighted by Crippen LogP contribution is -2.42. The normalized spacial score (nSPS) is 18.4. The van der Waals surface area contributed by atoms with Crippen LogP contribution in [0.1, 0.15) is 24.2 Å². The Labute approximate surface area is 131 Å². The molecule has 0 unspecified atom stereocenters. The molecule has 3 heterocycles. The van der Waals surface area contributed by atoms with Crippen molar-refractivity contribution < 1.29 is 4.79 Å². The summed E-state index contributed by atoms with van der Waals surface area (Å²) < 4.78 is 1.83. The molecule has 2 aromatic heterocycles. The molecule has 0 bridgehead atoms. The predicted octanol–water partition coefficient (Wildman–Crippen LogP) is 2.07. The van der Waals surface area contributed by atoms with Crippen molar-refractivity contribution in [1.29, 1.82) is 0 Å². The van der Waals surface area contributed by atoms with Crippen LogP contribution in [0.2, 0.25) is 0 Å². The van der Waals surface area contributed by atoms with Gasteiger partial charge in [0.2, 0.25) is 5.91 Å². The maximum Gasteiger partial charge on any atom is 0.242 e. The molecule has 0 aromatic carbocycles. The molecule has 0 spiro atoms. The summed E-state index contributed by atoms with van der Waals surface area (Å²) in [6, 6.07) is 6.16. The van der Waals surface area contributed by atoms with E-state index in [1.54, 1.807) is 12.5 Å². The number of likely N-dealkylation sites (tertiary alicyclic amines) is 1. The van der Waals surface area contributed by atoms with Gasteiger partial charge in [0, 0.05) is 36.9 Å². The lowest BCUT2D eigenvalue weighted by atomic mass is 9.93. The van der Waals surface area contributed by atoms with E-state index in [9.17, 15) is 4.79 Å². The van der Waals surface area contributed by atoms with Crippen LogP contribution in [0.15, 0.2) is 36.9 Å². The summed E-state index contributed by atoms with van der Waals surface area (Å²) in [5, 5.41) is 0. The van der Waals surface area contributed by atoms with E-state index in [2.05, 4.69) is 22.1 Å². The zero-order valence-electron chi connectivity index (χ0n) is 13.0. The first-order valence-corrected chi connectivity index (χ1v) is 7.87. The van der Waals surface area contributed by atoms with E-state index >= 15 is 0 Å². The van der Waals surface area contributed by atoms with E-state index in [1.165, 1.54) is 6.42 Å². The summed E-state index contributed by atoms with van der Waals surface area (Å²) in [6.45, 7) is 4.11. The molecular weight excluding hydrogens is 276 g/mol. The maximum absolute atomic E-state index is 12.4. The summed E-state index contributed by atoms with van der Waals surface area (Å²) >= 11 is 0. The number of aryl methyl sites for hydroxylation is 1. The highest BCUT2D eigenvalue weighted by Crippen LogP contribution is 2.20. The van der Waals surface area contributed by atoms with E-state index in [0.717, 1.165) is 37.3 Å². The minimum absolute atomic E-state index is 0.180. The minimum atomic E-state index is 0.180. The topological polar surface area (TPSA) is 51.0 Å². The molecule has 1 aliphatic heterocycles. The second kappa shape index (κ2) is 6.73. The molecule has 116 valence electrons. The molecule has 0 saturated carbocycles. The monoisotopic (exact) mass is 298 g/mol. The molecule has 0 radical (unpaired) electrons. The molecule has 2 aromatic rings. The van der Waals surface area contributed by atoms with Gasteiger partial charge in [0.25, 0.3) is 0 Å². The van der Waals surface area contributed by atoms with Crippen molar-refractivity contribution in [3.05, 3.63) is 48.3 Å². The van der Waals surface area contributed by atoms with E-state index in [-0.39, 0.29) is 5.91 Å². The van der Waals surface area contributed by atoms with Crippen molar-refractivity contribution in [2.75, 3.05) is 13.1 Å². The number of carbonyl (C=O) groups excluding carboxylic acids is 1. The molecule has 1 fully saturated rings. The van der Waals surface area contributed by atoms with E-state index < -0.39 is 0 Å². The Kier molecular flexibility index (Phi) is 4.51. The molecule has 1 aliphatic rings. The molecule has 1 atom stereocenters. The third-order valence-corrected chi connectivity index (χ3v) is 4.19.